The van der Waals surface area contributed by atoms with Crippen LogP contribution in [0.1, 0.15) is 48.9 Å². The highest BCUT2D eigenvalue weighted by molar-refractivity contribution is 5.94. The number of carbonyl (C=O) groups excluding carboxylic acids is 1. The molecular weight excluding hydrogens is 264 g/mol. The molecule has 1 N–H and O–H groups in total. The van der Waals surface area contributed by atoms with Crippen LogP contribution in [0.15, 0.2) is 24.3 Å². The van der Waals surface area contributed by atoms with Crippen LogP contribution in [0.2, 0.25) is 0 Å². The maximum absolute atomic E-state index is 12.1. The van der Waals surface area contributed by atoms with Gasteiger partial charge in [-0.25, -0.2) is 0 Å². The smallest absolute Gasteiger partial charge is 0.387 e. The summed E-state index contributed by atoms with van der Waals surface area (Å²) >= 11 is 0. The zero-order chi connectivity index (χ0) is 14.4. The first kappa shape index (κ1) is 14.8. The molecule has 3 nitrogen and oxygen atoms in total. The van der Waals surface area contributed by atoms with Crippen LogP contribution in [0.25, 0.3) is 0 Å². The Morgan fingerprint density at radius 1 is 1.10 bits per heavy atom. The fourth-order valence-corrected chi connectivity index (χ4v) is 2.48. The molecule has 1 aliphatic carbocycles. The lowest BCUT2D eigenvalue weighted by Crippen LogP contribution is -2.34. The van der Waals surface area contributed by atoms with Gasteiger partial charge in [-0.15, -0.1) is 0 Å². The number of carbonyl (C=O) groups is 1. The molecule has 110 valence electrons. The minimum atomic E-state index is -2.85. The van der Waals surface area contributed by atoms with Crippen LogP contribution >= 0.6 is 0 Å². The lowest BCUT2D eigenvalue weighted by Gasteiger charge is -2.16. The number of hydrogen-bond acceptors (Lipinski definition) is 2. The molecule has 1 saturated carbocycles. The van der Waals surface area contributed by atoms with Crippen LogP contribution in [0.3, 0.4) is 0 Å². The summed E-state index contributed by atoms with van der Waals surface area (Å²) in [6, 6.07) is 6.00. The summed E-state index contributed by atoms with van der Waals surface area (Å²) < 4.78 is 28.3. The van der Waals surface area contributed by atoms with Gasteiger partial charge in [-0.3, -0.25) is 4.79 Å². The fraction of sp³-hybridized carbons (Fsp3) is 0.533. The van der Waals surface area contributed by atoms with E-state index in [4.69, 9.17) is 0 Å². The van der Waals surface area contributed by atoms with Gasteiger partial charge in [-0.05, 0) is 37.1 Å². The van der Waals surface area contributed by atoms with Gasteiger partial charge in [0, 0.05) is 11.6 Å². The van der Waals surface area contributed by atoms with E-state index in [9.17, 15) is 13.6 Å². The molecule has 1 fully saturated rings. The van der Waals surface area contributed by atoms with Crippen molar-refractivity contribution in [2.75, 3.05) is 0 Å². The van der Waals surface area contributed by atoms with Gasteiger partial charge in [0.1, 0.15) is 5.75 Å². The van der Waals surface area contributed by atoms with Gasteiger partial charge in [0.25, 0.3) is 5.91 Å². The van der Waals surface area contributed by atoms with E-state index in [1.165, 1.54) is 37.1 Å². The van der Waals surface area contributed by atoms with Gasteiger partial charge in [-0.2, -0.15) is 8.78 Å². The molecule has 5 heteroatoms. The van der Waals surface area contributed by atoms with Crippen LogP contribution in [-0.4, -0.2) is 18.6 Å². The first-order valence-electron chi connectivity index (χ1n) is 7.01. The van der Waals surface area contributed by atoms with E-state index in [2.05, 4.69) is 10.1 Å². The van der Waals surface area contributed by atoms with Gasteiger partial charge in [0.15, 0.2) is 0 Å². The predicted octanol–water partition coefficient (Wildman–Crippen LogP) is 3.74. The molecule has 1 amide bonds. The lowest BCUT2D eigenvalue weighted by molar-refractivity contribution is -0.0498. The number of nitrogens with one attached hydrogen (secondary N) is 1. The second-order valence-electron chi connectivity index (χ2n) is 5.06. The van der Waals surface area contributed by atoms with E-state index in [0.29, 0.717) is 5.56 Å². The Hall–Kier alpha value is -1.65. The maximum Gasteiger partial charge on any atom is 0.387 e. The van der Waals surface area contributed by atoms with Crippen molar-refractivity contribution in [2.45, 2.75) is 51.2 Å². The van der Waals surface area contributed by atoms with Crippen LogP contribution in [0.4, 0.5) is 8.78 Å². The summed E-state index contributed by atoms with van der Waals surface area (Å²) in [6.07, 6.45) is 6.77. The molecule has 1 aliphatic rings. The van der Waals surface area contributed by atoms with Gasteiger partial charge in [0.05, 0.1) is 0 Å². The number of hydrogen-bond donors (Lipinski definition) is 1. The molecule has 0 unspecified atom stereocenters. The summed E-state index contributed by atoms with van der Waals surface area (Å²) in [5.74, 6) is -0.0912. The molecule has 0 atom stereocenters. The predicted molar refractivity (Wildman–Crippen MR) is 72.0 cm³/mol. The molecule has 0 radical (unpaired) electrons. The second-order valence-corrected chi connectivity index (χ2v) is 5.06. The van der Waals surface area contributed by atoms with E-state index in [0.717, 1.165) is 25.7 Å². The van der Waals surface area contributed by atoms with Crippen molar-refractivity contribution < 1.29 is 18.3 Å². The Morgan fingerprint density at radius 3 is 2.25 bits per heavy atom. The Morgan fingerprint density at radius 2 is 1.70 bits per heavy atom. The Balaban J connectivity index is 1.91. The molecule has 0 saturated heterocycles. The first-order chi connectivity index (χ1) is 9.65. The van der Waals surface area contributed by atoms with Crippen molar-refractivity contribution in [3.8, 4) is 5.75 Å². The van der Waals surface area contributed by atoms with E-state index in [1.807, 2.05) is 0 Å². The minimum Gasteiger partial charge on any atom is -0.435 e. The van der Waals surface area contributed by atoms with Gasteiger partial charge >= 0.3 is 6.61 Å². The lowest BCUT2D eigenvalue weighted by atomic mass is 10.1. The van der Waals surface area contributed by atoms with Crippen LogP contribution < -0.4 is 10.1 Å². The summed E-state index contributed by atoms with van der Waals surface area (Å²) in [5.41, 5.74) is 0.468. The van der Waals surface area contributed by atoms with E-state index in [1.54, 1.807) is 0 Å². The zero-order valence-corrected chi connectivity index (χ0v) is 11.3. The average molecular weight is 283 g/mol. The van der Waals surface area contributed by atoms with E-state index >= 15 is 0 Å². The minimum absolute atomic E-state index is 0.0611. The van der Waals surface area contributed by atoms with E-state index in [-0.39, 0.29) is 17.7 Å². The summed E-state index contributed by atoms with van der Waals surface area (Å²) in [7, 11) is 0. The number of alkyl halides is 2. The quantitative estimate of drug-likeness (QED) is 0.855. The maximum atomic E-state index is 12.1. The number of ether oxygens (including phenoxy) is 1. The normalized spacial score (nSPS) is 16.8. The van der Waals surface area contributed by atoms with Crippen molar-refractivity contribution in [1.29, 1.82) is 0 Å². The molecular formula is C15H19F2NO2. The van der Waals surface area contributed by atoms with Gasteiger partial charge in [0.2, 0.25) is 0 Å². The third-order valence-electron chi connectivity index (χ3n) is 3.53. The highest BCUT2D eigenvalue weighted by Gasteiger charge is 2.15. The summed E-state index contributed by atoms with van der Waals surface area (Å²) in [4.78, 5) is 12.1. The highest BCUT2D eigenvalue weighted by Crippen LogP contribution is 2.18. The Labute approximate surface area is 117 Å². The molecule has 1 aromatic carbocycles. The van der Waals surface area contributed by atoms with Crippen molar-refractivity contribution >= 4 is 5.91 Å². The Bertz CT molecular complexity index is 426. The third kappa shape index (κ3) is 4.47. The monoisotopic (exact) mass is 283 g/mol. The third-order valence-corrected chi connectivity index (χ3v) is 3.53. The van der Waals surface area contributed by atoms with Crippen molar-refractivity contribution in [1.82, 2.24) is 5.32 Å². The van der Waals surface area contributed by atoms with Crippen molar-refractivity contribution in [3.63, 3.8) is 0 Å². The van der Waals surface area contributed by atoms with Crippen LogP contribution in [-0.2, 0) is 0 Å². The molecule has 0 heterocycles. The standard InChI is InChI=1S/C15H19F2NO2/c16-15(17)20-13-9-7-11(8-10-13)14(19)18-12-5-3-1-2-4-6-12/h7-10,12,15H,1-6H2,(H,18,19). The second kappa shape index (κ2) is 7.22. The van der Waals surface area contributed by atoms with Crippen molar-refractivity contribution in [3.05, 3.63) is 29.8 Å². The zero-order valence-electron chi connectivity index (χ0n) is 11.3. The van der Waals surface area contributed by atoms with Crippen LogP contribution in [0, 0.1) is 0 Å². The van der Waals surface area contributed by atoms with Crippen LogP contribution in [0.5, 0.6) is 5.75 Å². The topological polar surface area (TPSA) is 38.3 Å². The highest BCUT2D eigenvalue weighted by atomic mass is 19.3. The summed E-state index contributed by atoms with van der Waals surface area (Å²) in [6.45, 7) is -2.85. The molecule has 1 aromatic rings. The first-order valence-corrected chi connectivity index (χ1v) is 7.01. The van der Waals surface area contributed by atoms with Gasteiger partial charge in [-0.1, -0.05) is 25.7 Å². The van der Waals surface area contributed by atoms with Gasteiger partial charge < -0.3 is 10.1 Å². The number of amides is 1. The number of benzene rings is 1. The molecule has 20 heavy (non-hydrogen) atoms. The molecule has 0 bridgehead atoms. The van der Waals surface area contributed by atoms with Crippen molar-refractivity contribution in [2.24, 2.45) is 0 Å². The number of rotatable bonds is 4. The molecule has 0 aromatic heterocycles. The largest absolute Gasteiger partial charge is 0.435 e. The molecule has 0 aliphatic heterocycles. The molecule has 2 rings (SSSR count). The number of halogens is 2. The fourth-order valence-electron chi connectivity index (χ4n) is 2.48. The SMILES string of the molecule is O=C(NC1CCCCCC1)c1ccc(OC(F)F)cc1. The average Bonchev–Trinajstić information content (AvgIpc) is 2.67. The summed E-state index contributed by atoms with van der Waals surface area (Å²) in [5, 5.41) is 3.01. The van der Waals surface area contributed by atoms with E-state index < -0.39 is 6.61 Å². The molecule has 0 spiro atoms. The Kier molecular flexibility index (Phi) is 5.32.